The van der Waals surface area contributed by atoms with Crippen LogP contribution in [0, 0.1) is 0 Å². The number of pyridine rings is 2. The molecule has 22 heavy (non-hydrogen) atoms. The van der Waals surface area contributed by atoms with Gasteiger partial charge in [-0.1, -0.05) is 11.3 Å². The van der Waals surface area contributed by atoms with Crippen molar-refractivity contribution in [3.8, 4) is 0 Å². The Hall–Kier alpha value is -2.03. The van der Waals surface area contributed by atoms with Gasteiger partial charge < -0.3 is 9.12 Å². The molecule has 4 aromatic rings. The van der Waals surface area contributed by atoms with E-state index in [1.54, 1.807) is 25.0 Å². The van der Waals surface area contributed by atoms with Crippen molar-refractivity contribution < 1.29 is 4.55 Å². The van der Waals surface area contributed by atoms with Crippen molar-refractivity contribution in [3.05, 3.63) is 42.5 Å². The maximum absolute atomic E-state index is 11.5. The normalized spacial score (nSPS) is 13.0. The molecule has 1 atom stereocenters. The van der Waals surface area contributed by atoms with Gasteiger partial charge in [-0.05, 0) is 23.8 Å². The maximum Gasteiger partial charge on any atom is 0.303 e. The fourth-order valence-corrected chi connectivity index (χ4v) is 3.93. The second-order valence-corrected chi connectivity index (χ2v) is 7.40. The molecule has 0 aliphatic carbocycles. The topological polar surface area (TPSA) is 79.5 Å². The number of thiazole rings is 1. The van der Waals surface area contributed by atoms with Crippen LogP contribution in [0.15, 0.2) is 41.3 Å². The van der Waals surface area contributed by atoms with E-state index in [-0.39, 0.29) is 0 Å². The molecule has 0 fully saturated rings. The molecule has 0 aromatic carbocycles. The number of imidazole rings is 1. The van der Waals surface area contributed by atoms with Gasteiger partial charge in [0.1, 0.15) is 11.8 Å². The second-order valence-electron chi connectivity index (χ2n) is 4.82. The highest BCUT2D eigenvalue weighted by Crippen LogP contribution is 2.25. The van der Waals surface area contributed by atoms with Crippen LogP contribution in [0.2, 0.25) is 0 Å². The van der Waals surface area contributed by atoms with Gasteiger partial charge in [-0.3, -0.25) is 0 Å². The Kier molecular flexibility index (Phi) is 3.29. The standard InChI is InChI=1S/C14H11N5OS2/c1-22(20)14-18-12-11(21-14)5-9(6-16-12)7-19-8-17-10-3-2-4-15-13(10)19/h2-6,8H,7H2,1H3. The number of fused-ring (bicyclic) bond motifs is 2. The maximum atomic E-state index is 11.5. The molecule has 0 aliphatic rings. The highest BCUT2D eigenvalue weighted by molar-refractivity contribution is 7.92. The first-order valence-electron chi connectivity index (χ1n) is 6.55. The fraction of sp³-hybridized carbons (Fsp3) is 0.143. The molecule has 0 saturated carbocycles. The van der Waals surface area contributed by atoms with E-state index in [2.05, 4.69) is 19.9 Å². The van der Waals surface area contributed by atoms with E-state index in [1.807, 2.05) is 22.8 Å². The summed E-state index contributed by atoms with van der Waals surface area (Å²) in [6.07, 6.45) is 6.95. The van der Waals surface area contributed by atoms with Crippen molar-refractivity contribution >= 4 is 44.0 Å². The predicted molar refractivity (Wildman–Crippen MR) is 86.4 cm³/mol. The molecule has 0 aliphatic heterocycles. The monoisotopic (exact) mass is 329 g/mol. The van der Waals surface area contributed by atoms with E-state index in [0.717, 1.165) is 21.4 Å². The van der Waals surface area contributed by atoms with Gasteiger partial charge in [0.25, 0.3) is 0 Å². The van der Waals surface area contributed by atoms with Crippen LogP contribution in [0.4, 0.5) is 0 Å². The van der Waals surface area contributed by atoms with E-state index in [4.69, 9.17) is 0 Å². The average molecular weight is 329 g/mol. The highest BCUT2D eigenvalue weighted by Gasteiger charge is 2.13. The Morgan fingerprint density at radius 3 is 3.09 bits per heavy atom. The van der Waals surface area contributed by atoms with Gasteiger partial charge >= 0.3 is 4.34 Å². The molecule has 4 aromatic heterocycles. The smallest absolute Gasteiger partial charge is 0.303 e. The Balaban J connectivity index is 1.72. The summed E-state index contributed by atoms with van der Waals surface area (Å²) < 4.78 is 15.0. The summed E-state index contributed by atoms with van der Waals surface area (Å²) in [6, 6.07) is 5.84. The minimum Gasteiger partial charge on any atom is -0.610 e. The Morgan fingerprint density at radius 1 is 1.32 bits per heavy atom. The van der Waals surface area contributed by atoms with E-state index >= 15 is 0 Å². The SMILES string of the molecule is C[S+]([O-])c1nc2ncc(Cn3cnc4cccnc43)cc2s1. The Morgan fingerprint density at radius 2 is 2.23 bits per heavy atom. The van der Waals surface area contributed by atoms with Gasteiger partial charge in [0.15, 0.2) is 11.3 Å². The lowest BCUT2D eigenvalue weighted by molar-refractivity contribution is 0.600. The lowest BCUT2D eigenvalue weighted by atomic mass is 10.3. The molecule has 0 radical (unpaired) electrons. The number of rotatable bonds is 3. The first-order valence-corrected chi connectivity index (χ1v) is 8.93. The summed E-state index contributed by atoms with van der Waals surface area (Å²) in [5, 5.41) is 0. The number of nitrogens with zero attached hydrogens (tertiary/aromatic N) is 5. The van der Waals surface area contributed by atoms with Crippen LogP contribution >= 0.6 is 11.3 Å². The largest absolute Gasteiger partial charge is 0.610 e. The molecule has 8 heteroatoms. The summed E-state index contributed by atoms with van der Waals surface area (Å²) in [5.41, 5.74) is 3.40. The third-order valence-electron chi connectivity index (χ3n) is 3.26. The molecular formula is C14H11N5OS2. The van der Waals surface area contributed by atoms with Crippen molar-refractivity contribution in [1.29, 1.82) is 0 Å². The van der Waals surface area contributed by atoms with E-state index in [9.17, 15) is 4.55 Å². The van der Waals surface area contributed by atoms with Gasteiger partial charge in [0.2, 0.25) is 0 Å². The minimum atomic E-state index is -1.08. The zero-order valence-corrected chi connectivity index (χ0v) is 13.3. The minimum absolute atomic E-state index is 0.606. The lowest BCUT2D eigenvalue weighted by Crippen LogP contribution is -1.99. The Bertz CT molecular complexity index is 962. The van der Waals surface area contributed by atoms with Gasteiger partial charge in [0, 0.05) is 23.6 Å². The van der Waals surface area contributed by atoms with Crippen molar-refractivity contribution in [3.63, 3.8) is 0 Å². The Labute approximate surface area is 133 Å². The second kappa shape index (κ2) is 5.31. The summed E-state index contributed by atoms with van der Waals surface area (Å²) in [6.45, 7) is 0.638. The first-order chi connectivity index (χ1) is 10.7. The molecule has 0 N–H and O–H groups in total. The lowest BCUT2D eigenvalue weighted by Gasteiger charge is -2.03. The summed E-state index contributed by atoms with van der Waals surface area (Å²) in [5.74, 6) is 0. The molecule has 4 rings (SSSR count). The van der Waals surface area contributed by atoms with Gasteiger partial charge in [-0.25, -0.2) is 15.0 Å². The summed E-state index contributed by atoms with van der Waals surface area (Å²) in [4.78, 5) is 17.3. The van der Waals surface area contributed by atoms with E-state index in [1.165, 1.54) is 11.3 Å². The van der Waals surface area contributed by atoms with Gasteiger partial charge in [0.05, 0.1) is 17.6 Å². The molecule has 0 saturated heterocycles. The zero-order valence-electron chi connectivity index (χ0n) is 11.6. The molecule has 6 nitrogen and oxygen atoms in total. The molecule has 0 bridgehead atoms. The quantitative estimate of drug-likeness (QED) is 0.538. The number of hydrogen-bond acceptors (Lipinski definition) is 6. The molecule has 0 amide bonds. The summed E-state index contributed by atoms with van der Waals surface area (Å²) in [7, 11) is 0. The first kappa shape index (κ1) is 13.6. The highest BCUT2D eigenvalue weighted by atomic mass is 32.2. The van der Waals surface area contributed by atoms with Crippen molar-refractivity contribution in [1.82, 2.24) is 24.5 Å². The van der Waals surface area contributed by atoms with Crippen molar-refractivity contribution in [2.45, 2.75) is 10.9 Å². The third-order valence-corrected chi connectivity index (χ3v) is 5.58. The molecule has 4 heterocycles. The van der Waals surface area contributed by atoms with Crippen LogP contribution in [0.3, 0.4) is 0 Å². The van der Waals surface area contributed by atoms with Crippen molar-refractivity contribution in [2.75, 3.05) is 6.26 Å². The molecule has 110 valence electrons. The predicted octanol–water partition coefficient (Wildman–Crippen LogP) is 2.22. The van der Waals surface area contributed by atoms with Crippen molar-refractivity contribution in [2.24, 2.45) is 0 Å². The zero-order chi connectivity index (χ0) is 15.1. The number of hydrogen-bond donors (Lipinski definition) is 0. The van der Waals surface area contributed by atoms with Gasteiger partial charge in [-0.15, -0.1) is 0 Å². The van der Waals surface area contributed by atoms with Crippen LogP contribution in [0.1, 0.15) is 5.56 Å². The van der Waals surface area contributed by atoms with Crippen LogP contribution in [-0.2, 0) is 17.7 Å². The van der Waals surface area contributed by atoms with Crippen LogP contribution in [-0.4, -0.2) is 35.3 Å². The van der Waals surface area contributed by atoms with Crippen LogP contribution in [0.25, 0.3) is 21.5 Å². The molecule has 0 spiro atoms. The third kappa shape index (κ3) is 2.35. The van der Waals surface area contributed by atoms with Crippen LogP contribution < -0.4 is 0 Å². The fourth-order valence-electron chi connectivity index (χ4n) is 2.26. The molecular weight excluding hydrogens is 318 g/mol. The number of aromatic nitrogens is 5. The van der Waals surface area contributed by atoms with E-state index in [0.29, 0.717) is 16.5 Å². The summed E-state index contributed by atoms with van der Waals surface area (Å²) >= 11 is 0.345. The molecule has 1 unspecified atom stereocenters. The van der Waals surface area contributed by atoms with Gasteiger partial charge in [-0.2, -0.15) is 4.98 Å². The van der Waals surface area contributed by atoms with E-state index < -0.39 is 11.2 Å². The van der Waals surface area contributed by atoms with Crippen LogP contribution in [0.5, 0.6) is 0 Å². The average Bonchev–Trinajstić information content (AvgIpc) is 3.11.